The van der Waals surface area contributed by atoms with Crippen LogP contribution in [0, 0.1) is 0 Å². The minimum atomic E-state index is 0.702. The van der Waals surface area contributed by atoms with E-state index in [0.717, 1.165) is 19.6 Å². The molecule has 0 spiro atoms. The van der Waals surface area contributed by atoms with Gasteiger partial charge in [-0.1, -0.05) is 6.92 Å². The molecule has 1 N–H and O–H groups in total. The summed E-state index contributed by atoms with van der Waals surface area (Å²) in [5.41, 5.74) is 0. The number of nitrogens with zero attached hydrogens (tertiary/aromatic N) is 1. The van der Waals surface area contributed by atoms with Crippen LogP contribution in [-0.4, -0.2) is 30.6 Å². The molecule has 0 aliphatic carbocycles. The Morgan fingerprint density at radius 3 is 2.88 bits per heavy atom. The lowest BCUT2D eigenvalue weighted by atomic mass is 10.1. The number of rotatable bonds is 4. The second-order valence-corrected chi connectivity index (χ2v) is 7.71. The molecule has 2 heterocycles. The van der Waals surface area contributed by atoms with Gasteiger partial charge in [-0.3, -0.25) is 4.90 Å². The standard InChI is InChI=1S/C12H18Br2N2S/c1-2-16(9-4-3-5-15-7-9)8-10-6-11(13)12(14)17-10/h6,9,15H,2-5,7-8H2,1H3. The molecule has 96 valence electrons. The molecular weight excluding hydrogens is 364 g/mol. The molecule has 1 saturated heterocycles. The predicted octanol–water partition coefficient (Wildman–Crippen LogP) is 3.85. The van der Waals surface area contributed by atoms with Crippen molar-refractivity contribution in [3.05, 3.63) is 19.2 Å². The molecule has 1 atom stereocenters. The summed E-state index contributed by atoms with van der Waals surface area (Å²) in [5, 5.41) is 3.50. The average Bonchev–Trinajstić information content (AvgIpc) is 2.67. The predicted molar refractivity (Wildman–Crippen MR) is 81.7 cm³/mol. The number of hydrogen-bond acceptors (Lipinski definition) is 3. The van der Waals surface area contributed by atoms with Crippen molar-refractivity contribution in [2.75, 3.05) is 19.6 Å². The highest BCUT2D eigenvalue weighted by Crippen LogP contribution is 2.33. The smallest absolute Gasteiger partial charge is 0.0843 e. The maximum Gasteiger partial charge on any atom is 0.0843 e. The molecule has 17 heavy (non-hydrogen) atoms. The van der Waals surface area contributed by atoms with Crippen molar-refractivity contribution in [3.63, 3.8) is 0 Å². The third-order valence-corrected chi connectivity index (χ3v) is 6.49. The lowest BCUT2D eigenvalue weighted by molar-refractivity contribution is 0.167. The maximum atomic E-state index is 3.56. The van der Waals surface area contributed by atoms with Crippen molar-refractivity contribution in [1.82, 2.24) is 10.2 Å². The molecule has 2 nitrogen and oxygen atoms in total. The molecule has 2 rings (SSSR count). The Bertz CT molecular complexity index is 342. The second kappa shape index (κ2) is 6.66. The lowest BCUT2D eigenvalue weighted by Crippen LogP contribution is -2.45. The third-order valence-electron chi connectivity index (χ3n) is 3.25. The lowest BCUT2D eigenvalue weighted by Gasteiger charge is -2.33. The van der Waals surface area contributed by atoms with Crippen LogP contribution in [0.4, 0.5) is 0 Å². The van der Waals surface area contributed by atoms with Crippen LogP contribution in [0.5, 0.6) is 0 Å². The molecule has 0 aromatic carbocycles. The van der Waals surface area contributed by atoms with E-state index in [1.165, 1.54) is 32.5 Å². The van der Waals surface area contributed by atoms with Crippen molar-refractivity contribution >= 4 is 43.2 Å². The second-order valence-electron chi connectivity index (χ2n) is 4.40. The Balaban J connectivity index is 1.98. The number of piperidine rings is 1. The van der Waals surface area contributed by atoms with Crippen LogP contribution in [-0.2, 0) is 6.54 Å². The van der Waals surface area contributed by atoms with Gasteiger partial charge in [0.05, 0.1) is 3.79 Å². The summed E-state index contributed by atoms with van der Waals surface area (Å²) in [5.74, 6) is 0. The minimum Gasteiger partial charge on any atom is -0.315 e. The Labute approximate surface area is 124 Å². The molecule has 0 radical (unpaired) electrons. The van der Waals surface area contributed by atoms with Crippen LogP contribution < -0.4 is 5.32 Å². The summed E-state index contributed by atoms with van der Waals surface area (Å²) in [7, 11) is 0. The van der Waals surface area contributed by atoms with E-state index in [0.29, 0.717) is 6.04 Å². The van der Waals surface area contributed by atoms with Gasteiger partial charge in [0.1, 0.15) is 0 Å². The number of halogens is 2. The van der Waals surface area contributed by atoms with Crippen LogP contribution in [0.25, 0.3) is 0 Å². The van der Waals surface area contributed by atoms with Crippen LogP contribution >= 0.6 is 43.2 Å². The summed E-state index contributed by atoms with van der Waals surface area (Å²) in [4.78, 5) is 4.01. The number of thiophene rings is 1. The Kier molecular flexibility index (Phi) is 5.49. The van der Waals surface area contributed by atoms with Gasteiger partial charge in [0.25, 0.3) is 0 Å². The highest BCUT2D eigenvalue weighted by Gasteiger charge is 2.20. The first-order valence-corrected chi connectivity index (χ1v) is 8.49. The van der Waals surface area contributed by atoms with E-state index in [2.05, 4.69) is 55.1 Å². The normalized spacial score (nSPS) is 21.1. The Hall–Kier alpha value is 0.580. The van der Waals surface area contributed by atoms with Crippen molar-refractivity contribution < 1.29 is 0 Å². The molecule has 1 fully saturated rings. The maximum absolute atomic E-state index is 3.56. The van der Waals surface area contributed by atoms with Gasteiger partial charge in [-0.15, -0.1) is 11.3 Å². The van der Waals surface area contributed by atoms with Gasteiger partial charge >= 0.3 is 0 Å². The largest absolute Gasteiger partial charge is 0.315 e. The summed E-state index contributed by atoms with van der Waals surface area (Å²) < 4.78 is 2.38. The molecule has 1 aromatic rings. The van der Waals surface area contributed by atoms with E-state index < -0.39 is 0 Å². The summed E-state index contributed by atoms with van der Waals surface area (Å²) >= 11 is 8.95. The zero-order valence-electron chi connectivity index (χ0n) is 10.0. The summed E-state index contributed by atoms with van der Waals surface area (Å²) in [6, 6.07) is 2.93. The van der Waals surface area contributed by atoms with Crippen molar-refractivity contribution in [2.24, 2.45) is 0 Å². The molecule has 1 aromatic heterocycles. The van der Waals surface area contributed by atoms with Crippen LogP contribution in [0.1, 0.15) is 24.6 Å². The number of likely N-dealkylation sites (N-methyl/N-ethyl adjacent to an activating group) is 1. The highest BCUT2D eigenvalue weighted by atomic mass is 79.9. The SMILES string of the molecule is CCN(Cc1cc(Br)c(Br)s1)C1CCCNC1. The monoisotopic (exact) mass is 380 g/mol. The van der Waals surface area contributed by atoms with E-state index >= 15 is 0 Å². The van der Waals surface area contributed by atoms with Crippen LogP contribution in [0.3, 0.4) is 0 Å². The minimum absolute atomic E-state index is 0.702. The van der Waals surface area contributed by atoms with Crippen molar-refractivity contribution in [2.45, 2.75) is 32.4 Å². The highest BCUT2D eigenvalue weighted by molar-refractivity contribution is 9.13. The molecule has 0 saturated carbocycles. The van der Waals surface area contributed by atoms with E-state index in [-0.39, 0.29) is 0 Å². The number of hydrogen-bond donors (Lipinski definition) is 1. The van der Waals surface area contributed by atoms with Crippen molar-refractivity contribution in [1.29, 1.82) is 0 Å². The first-order chi connectivity index (χ1) is 8.20. The van der Waals surface area contributed by atoms with Gasteiger partial charge in [0.15, 0.2) is 0 Å². The van der Waals surface area contributed by atoms with E-state index in [1.807, 2.05) is 11.3 Å². The molecule has 1 unspecified atom stereocenters. The Morgan fingerprint density at radius 2 is 2.35 bits per heavy atom. The topological polar surface area (TPSA) is 15.3 Å². The van der Waals surface area contributed by atoms with Crippen LogP contribution in [0.2, 0.25) is 0 Å². The summed E-state index contributed by atoms with van der Waals surface area (Å²) in [6.07, 6.45) is 2.63. The third kappa shape index (κ3) is 3.77. The van der Waals surface area contributed by atoms with Gasteiger partial charge in [0.2, 0.25) is 0 Å². The van der Waals surface area contributed by atoms with E-state index in [1.54, 1.807) is 0 Å². The fourth-order valence-corrected chi connectivity index (χ4v) is 4.52. The van der Waals surface area contributed by atoms with Gasteiger partial charge in [-0.05, 0) is 63.9 Å². The molecule has 0 bridgehead atoms. The summed E-state index contributed by atoms with van der Waals surface area (Å²) in [6.45, 7) is 6.77. The fraction of sp³-hybridized carbons (Fsp3) is 0.667. The average molecular weight is 382 g/mol. The zero-order chi connectivity index (χ0) is 12.3. The van der Waals surface area contributed by atoms with E-state index in [9.17, 15) is 0 Å². The van der Waals surface area contributed by atoms with Gasteiger partial charge < -0.3 is 5.32 Å². The first-order valence-electron chi connectivity index (χ1n) is 6.09. The molecule has 0 amide bonds. The zero-order valence-corrected chi connectivity index (χ0v) is 14.0. The number of nitrogens with one attached hydrogen (secondary N) is 1. The Morgan fingerprint density at radius 1 is 1.53 bits per heavy atom. The van der Waals surface area contributed by atoms with E-state index in [4.69, 9.17) is 0 Å². The van der Waals surface area contributed by atoms with Gasteiger partial charge in [0, 0.05) is 28.5 Å². The molecule has 1 aliphatic heterocycles. The quantitative estimate of drug-likeness (QED) is 0.852. The molecule has 1 aliphatic rings. The molecule has 5 heteroatoms. The van der Waals surface area contributed by atoms with Gasteiger partial charge in [-0.2, -0.15) is 0 Å². The molecular formula is C12H18Br2N2S. The fourth-order valence-electron chi connectivity index (χ4n) is 2.31. The first kappa shape index (κ1) is 14.0. The van der Waals surface area contributed by atoms with Crippen LogP contribution in [0.15, 0.2) is 14.3 Å². The van der Waals surface area contributed by atoms with Gasteiger partial charge in [-0.25, -0.2) is 0 Å². The van der Waals surface area contributed by atoms with Crippen molar-refractivity contribution in [3.8, 4) is 0 Å².